The molecule has 8 nitrogen and oxygen atoms in total. The number of ketones is 1. The number of carbonyl (C=O) groups excluding carboxylic acids is 3. The molecule has 8 heteroatoms. The Balaban J connectivity index is 1.91. The monoisotopic (exact) mass is 484 g/mol. The molecule has 2 rings (SSSR count). The van der Waals surface area contributed by atoms with Crippen LogP contribution in [0.3, 0.4) is 0 Å². The third-order valence-electron chi connectivity index (χ3n) is 5.06. The van der Waals surface area contributed by atoms with Gasteiger partial charge in [0.05, 0.1) is 20.3 Å². The summed E-state index contributed by atoms with van der Waals surface area (Å²) in [4.78, 5) is 38.2. The normalized spacial score (nSPS) is 10.9. The molecule has 0 aliphatic rings. The van der Waals surface area contributed by atoms with Gasteiger partial charge in [0.15, 0.2) is 17.3 Å². The van der Waals surface area contributed by atoms with Gasteiger partial charge in [0.1, 0.15) is 5.60 Å². The molecular weight excluding hydrogens is 448 g/mol. The molecule has 2 aromatic rings. The highest BCUT2D eigenvalue weighted by Crippen LogP contribution is 2.28. The largest absolute Gasteiger partial charge is 0.493 e. The summed E-state index contributed by atoms with van der Waals surface area (Å²) in [6, 6.07) is 12.4. The van der Waals surface area contributed by atoms with Gasteiger partial charge in [0.25, 0.3) is 0 Å². The number of hydrogen-bond acceptors (Lipinski definition) is 6. The summed E-state index contributed by atoms with van der Waals surface area (Å²) in [6.45, 7) is 9.96. The molecule has 0 unspecified atom stereocenters. The van der Waals surface area contributed by atoms with Crippen molar-refractivity contribution in [1.29, 1.82) is 0 Å². The van der Waals surface area contributed by atoms with Crippen LogP contribution >= 0.6 is 0 Å². The zero-order valence-corrected chi connectivity index (χ0v) is 21.5. The van der Waals surface area contributed by atoms with E-state index in [9.17, 15) is 14.4 Å². The van der Waals surface area contributed by atoms with Gasteiger partial charge in [0, 0.05) is 24.2 Å². The fourth-order valence-corrected chi connectivity index (χ4v) is 3.25. The number of hydrogen-bond donors (Lipinski definition) is 1. The Morgan fingerprint density at radius 3 is 2.37 bits per heavy atom. The second-order valence-electron chi connectivity index (χ2n) is 9.07. The predicted molar refractivity (Wildman–Crippen MR) is 135 cm³/mol. The summed E-state index contributed by atoms with van der Waals surface area (Å²) >= 11 is 0. The van der Waals surface area contributed by atoms with Crippen molar-refractivity contribution in [1.82, 2.24) is 4.90 Å². The van der Waals surface area contributed by atoms with E-state index in [1.54, 1.807) is 23.1 Å². The van der Waals surface area contributed by atoms with Crippen LogP contribution < -0.4 is 14.8 Å². The number of nitrogens with one attached hydrogen (secondary N) is 1. The lowest BCUT2D eigenvalue weighted by Gasteiger charge is -2.27. The fourth-order valence-electron chi connectivity index (χ4n) is 3.25. The minimum atomic E-state index is -0.584. The van der Waals surface area contributed by atoms with Crippen molar-refractivity contribution in [3.63, 3.8) is 0 Å². The van der Waals surface area contributed by atoms with Gasteiger partial charge in [-0.25, -0.2) is 4.79 Å². The number of nitrogens with zero attached hydrogens (tertiary/aromatic N) is 1. The maximum atomic E-state index is 12.6. The van der Waals surface area contributed by atoms with E-state index in [1.807, 2.05) is 52.0 Å². The van der Waals surface area contributed by atoms with E-state index < -0.39 is 11.7 Å². The number of carbonyl (C=O) groups is 3. The second kappa shape index (κ2) is 12.8. The SMILES string of the molecule is CCN(Cc1ccccc1NC(=O)CCCOc1ccc(C(C)=O)cc1OC)C(=O)OC(C)(C)C. The van der Waals surface area contributed by atoms with E-state index >= 15 is 0 Å². The highest BCUT2D eigenvalue weighted by Gasteiger charge is 2.22. The van der Waals surface area contributed by atoms with Crippen LogP contribution in [0.1, 0.15) is 63.4 Å². The fraction of sp³-hybridized carbons (Fsp3) is 0.444. The Morgan fingerprint density at radius 1 is 1.03 bits per heavy atom. The zero-order chi connectivity index (χ0) is 26.0. The summed E-state index contributed by atoms with van der Waals surface area (Å²) in [6.07, 6.45) is 0.348. The maximum absolute atomic E-state index is 12.6. The van der Waals surface area contributed by atoms with Gasteiger partial charge in [-0.2, -0.15) is 0 Å². The van der Waals surface area contributed by atoms with Crippen LogP contribution in [-0.2, 0) is 16.1 Å². The van der Waals surface area contributed by atoms with Gasteiger partial charge in [-0.3, -0.25) is 9.59 Å². The van der Waals surface area contributed by atoms with E-state index in [1.165, 1.54) is 14.0 Å². The summed E-state index contributed by atoms with van der Waals surface area (Å²) < 4.78 is 16.5. The van der Waals surface area contributed by atoms with Crippen LogP contribution in [0.2, 0.25) is 0 Å². The average molecular weight is 485 g/mol. The van der Waals surface area contributed by atoms with Crippen LogP contribution in [-0.4, -0.2) is 48.5 Å². The number of amides is 2. The first-order valence-electron chi connectivity index (χ1n) is 11.7. The molecule has 0 spiro atoms. The molecule has 2 amide bonds. The molecule has 0 aromatic heterocycles. The first kappa shape index (κ1) is 27.7. The molecule has 0 heterocycles. The molecule has 0 aliphatic carbocycles. The molecule has 0 radical (unpaired) electrons. The predicted octanol–water partition coefficient (Wildman–Crippen LogP) is 5.45. The molecule has 35 heavy (non-hydrogen) atoms. The Bertz CT molecular complexity index is 1030. The topological polar surface area (TPSA) is 94.2 Å². The molecule has 0 aliphatic heterocycles. The van der Waals surface area contributed by atoms with Crippen molar-refractivity contribution in [2.45, 2.75) is 59.6 Å². The highest BCUT2D eigenvalue weighted by molar-refractivity contribution is 5.94. The molecule has 190 valence electrons. The molecule has 0 atom stereocenters. The highest BCUT2D eigenvalue weighted by atomic mass is 16.6. The Labute approximate surface area is 207 Å². The first-order chi connectivity index (χ1) is 16.5. The number of anilines is 1. The van der Waals surface area contributed by atoms with Crippen molar-refractivity contribution in [3.05, 3.63) is 53.6 Å². The summed E-state index contributed by atoms with van der Waals surface area (Å²) in [5, 5.41) is 2.93. The second-order valence-corrected chi connectivity index (χ2v) is 9.07. The standard InChI is InChI=1S/C27H36N2O6/c1-7-29(26(32)35-27(3,4)5)18-21-11-8-9-12-22(21)28-25(31)13-10-16-34-23-15-14-20(19(2)30)17-24(23)33-6/h8-9,11-12,14-15,17H,7,10,13,16,18H2,1-6H3,(H,28,31). The van der Waals surface area contributed by atoms with Crippen LogP contribution in [0, 0.1) is 0 Å². The van der Waals surface area contributed by atoms with Crippen LogP contribution in [0.25, 0.3) is 0 Å². The van der Waals surface area contributed by atoms with Crippen molar-refractivity contribution in [3.8, 4) is 11.5 Å². The lowest BCUT2D eigenvalue weighted by Crippen LogP contribution is -2.36. The maximum Gasteiger partial charge on any atom is 0.410 e. The van der Waals surface area contributed by atoms with Gasteiger partial charge >= 0.3 is 6.09 Å². The first-order valence-corrected chi connectivity index (χ1v) is 11.7. The molecule has 0 fully saturated rings. The Hall–Kier alpha value is -3.55. The molecule has 1 N–H and O–H groups in total. The van der Waals surface area contributed by atoms with Gasteiger partial charge in [-0.15, -0.1) is 0 Å². The lowest BCUT2D eigenvalue weighted by molar-refractivity contribution is -0.116. The van der Waals surface area contributed by atoms with E-state index in [-0.39, 0.29) is 18.1 Å². The lowest BCUT2D eigenvalue weighted by atomic mass is 10.1. The van der Waals surface area contributed by atoms with Crippen molar-refractivity contribution in [2.24, 2.45) is 0 Å². The van der Waals surface area contributed by atoms with E-state index in [0.717, 1.165) is 5.56 Å². The third kappa shape index (κ3) is 8.96. The van der Waals surface area contributed by atoms with Crippen molar-refractivity contribution >= 4 is 23.5 Å². The Kier molecular flexibility index (Phi) is 10.1. The molecule has 0 saturated carbocycles. The number of Topliss-reactive ketones (excluding diaryl/α,β-unsaturated/α-hetero) is 1. The van der Waals surface area contributed by atoms with Crippen LogP contribution in [0.5, 0.6) is 11.5 Å². The van der Waals surface area contributed by atoms with Crippen LogP contribution in [0.15, 0.2) is 42.5 Å². The average Bonchev–Trinajstić information content (AvgIpc) is 2.79. The minimum Gasteiger partial charge on any atom is -0.493 e. The van der Waals surface area contributed by atoms with Gasteiger partial charge in [-0.05, 0) is 70.9 Å². The van der Waals surface area contributed by atoms with Crippen LogP contribution in [0.4, 0.5) is 10.5 Å². The number of methoxy groups -OCH3 is 1. The van der Waals surface area contributed by atoms with Gasteiger partial charge < -0.3 is 24.4 Å². The summed E-state index contributed by atoms with van der Waals surface area (Å²) in [5.41, 5.74) is 1.43. The number of para-hydroxylation sites is 1. The summed E-state index contributed by atoms with van der Waals surface area (Å²) in [7, 11) is 1.51. The molecule has 0 saturated heterocycles. The van der Waals surface area contributed by atoms with Gasteiger partial charge in [-0.1, -0.05) is 18.2 Å². The summed E-state index contributed by atoms with van der Waals surface area (Å²) in [5.74, 6) is 0.784. The van der Waals surface area contributed by atoms with E-state index in [4.69, 9.17) is 14.2 Å². The molecule has 0 bridgehead atoms. The zero-order valence-electron chi connectivity index (χ0n) is 21.5. The number of benzene rings is 2. The smallest absolute Gasteiger partial charge is 0.410 e. The quantitative estimate of drug-likeness (QED) is 0.337. The third-order valence-corrected chi connectivity index (χ3v) is 5.06. The Morgan fingerprint density at radius 2 is 1.74 bits per heavy atom. The number of rotatable bonds is 11. The number of ether oxygens (including phenoxy) is 3. The van der Waals surface area contributed by atoms with Crippen molar-refractivity contribution in [2.75, 3.05) is 25.6 Å². The van der Waals surface area contributed by atoms with E-state index in [2.05, 4.69) is 5.32 Å². The molecule has 2 aromatic carbocycles. The van der Waals surface area contributed by atoms with E-state index in [0.29, 0.717) is 48.9 Å². The molecular formula is C27H36N2O6. The minimum absolute atomic E-state index is 0.0556. The van der Waals surface area contributed by atoms with Gasteiger partial charge in [0.2, 0.25) is 5.91 Å². The van der Waals surface area contributed by atoms with Crippen molar-refractivity contribution < 1.29 is 28.6 Å².